The minimum absolute atomic E-state index is 0.00704. The molecule has 168 valence electrons. The number of cyclic esters (lactones) is 1. The average Bonchev–Trinajstić information content (AvgIpc) is 3.07. The van der Waals surface area contributed by atoms with E-state index in [1.165, 1.54) is 0 Å². The minimum Gasteiger partial charge on any atom is -0.451 e. The summed E-state index contributed by atoms with van der Waals surface area (Å²) in [6.45, 7) is 4.62. The number of esters is 1. The molecule has 0 saturated carbocycles. The number of amides is 2. The molecule has 10 heteroatoms. The van der Waals surface area contributed by atoms with E-state index in [1.54, 1.807) is 13.8 Å². The van der Waals surface area contributed by atoms with E-state index in [9.17, 15) is 24.0 Å². The molecule has 1 rings (SSSR count). The van der Waals surface area contributed by atoms with Gasteiger partial charge in [-0.05, 0) is 30.9 Å². The van der Waals surface area contributed by atoms with Gasteiger partial charge in [-0.1, -0.05) is 13.8 Å². The van der Waals surface area contributed by atoms with Crippen LogP contribution in [0, 0.1) is 5.92 Å². The van der Waals surface area contributed by atoms with Gasteiger partial charge in [0.25, 0.3) is 5.91 Å². The van der Waals surface area contributed by atoms with Crippen LogP contribution >= 0.6 is 0 Å². The average molecular weight is 427 g/mol. The summed E-state index contributed by atoms with van der Waals surface area (Å²) in [6, 6.07) is -0.556. The molecule has 30 heavy (non-hydrogen) atoms. The fraction of sp³-hybridized carbons (Fsp3) is 0.650. The molecule has 2 amide bonds. The van der Waals surface area contributed by atoms with Crippen molar-refractivity contribution in [1.82, 2.24) is 4.90 Å². The van der Waals surface area contributed by atoms with E-state index in [1.807, 2.05) is 0 Å². The maximum Gasteiger partial charge on any atom is 0.417 e. The van der Waals surface area contributed by atoms with Crippen LogP contribution in [-0.4, -0.2) is 78.1 Å². The molecule has 0 aromatic heterocycles. The van der Waals surface area contributed by atoms with Gasteiger partial charge in [0.2, 0.25) is 0 Å². The molecule has 10 nitrogen and oxygen atoms in total. The van der Waals surface area contributed by atoms with Crippen molar-refractivity contribution in [2.24, 2.45) is 5.92 Å². The number of ketones is 2. The number of carbonyl (C=O) groups excluding carboxylic acids is 5. The second-order valence-corrected chi connectivity index (χ2v) is 7.17. The summed E-state index contributed by atoms with van der Waals surface area (Å²) in [4.78, 5) is 61.8. The van der Waals surface area contributed by atoms with E-state index < -0.39 is 42.0 Å². The molecule has 0 unspecified atom stereocenters. The van der Waals surface area contributed by atoms with Crippen molar-refractivity contribution in [3.63, 3.8) is 0 Å². The summed E-state index contributed by atoms with van der Waals surface area (Å²) in [5.74, 6) is -3.02. The molecule has 1 fully saturated rings. The zero-order valence-corrected chi connectivity index (χ0v) is 17.7. The van der Waals surface area contributed by atoms with Crippen LogP contribution < -0.4 is 0 Å². The molecular formula is C20H29NO9. The first-order chi connectivity index (χ1) is 14.1. The summed E-state index contributed by atoms with van der Waals surface area (Å²) < 4.78 is 15.1. The Kier molecular flexibility index (Phi) is 10.3. The first-order valence-electron chi connectivity index (χ1n) is 9.69. The highest BCUT2D eigenvalue weighted by Gasteiger charge is 2.46. The van der Waals surface area contributed by atoms with Crippen molar-refractivity contribution >= 4 is 29.5 Å². The molecule has 1 aliphatic heterocycles. The lowest BCUT2D eigenvalue weighted by Gasteiger charge is -2.29. The Labute approximate surface area is 175 Å². The van der Waals surface area contributed by atoms with Crippen LogP contribution in [0.15, 0.2) is 12.2 Å². The van der Waals surface area contributed by atoms with Gasteiger partial charge < -0.3 is 19.3 Å². The number of hydrogen-bond donors (Lipinski definition) is 1. The highest BCUT2D eigenvalue weighted by molar-refractivity contribution is 6.05. The Bertz CT molecular complexity index is 686. The van der Waals surface area contributed by atoms with E-state index >= 15 is 0 Å². The molecule has 0 radical (unpaired) electrons. The molecule has 3 atom stereocenters. The number of aliphatic hydroxyl groups is 1. The van der Waals surface area contributed by atoms with Crippen molar-refractivity contribution in [3.8, 4) is 0 Å². The number of aliphatic hydroxyl groups excluding tert-OH is 1. The molecular weight excluding hydrogens is 398 g/mol. The van der Waals surface area contributed by atoms with Crippen molar-refractivity contribution in [2.45, 2.75) is 58.3 Å². The van der Waals surface area contributed by atoms with Crippen LogP contribution in [0.25, 0.3) is 0 Å². The van der Waals surface area contributed by atoms with Gasteiger partial charge in [0, 0.05) is 27.1 Å². The highest BCUT2D eigenvalue weighted by atomic mass is 16.6. The molecule has 1 N–H and O–H groups in total. The monoisotopic (exact) mass is 427 g/mol. The van der Waals surface area contributed by atoms with Gasteiger partial charge in [0.05, 0.1) is 6.04 Å². The van der Waals surface area contributed by atoms with E-state index in [-0.39, 0.29) is 31.3 Å². The van der Waals surface area contributed by atoms with Gasteiger partial charge in [0.1, 0.15) is 6.61 Å². The number of rotatable bonds is 12. The second-order valence-electron chi connectivity index (χ2n) is 7.17. The van der Waals surface area contributed by atoms with Crippen LogP contribution in [-0.2, 0) is 33.4 Å². The van der Waals surface area contributed by atoms with Crippen molar-refractivity contribution in [2.75, 3.05) is 20.3 Å². The molecule has 1 saturated heterocycles. The molecule has 1 aliphatic rings. The van der Waals surface area contributed by atoms with Gasteiger partial charge in [-0.25, -0.2) is 9.69 Å². The van der Waals surface area contributed by atoms with Gasteiger partial charge in [0.15, 0.2) is 23.8 Å². The van der Waals surface area contributed by atoms with Crippen LogP contribution in [0.4, 0.5) is 4.79 Å². The molecule has 0 spiro atoms. The SMILES string of the molecule is CO[C@H](C(=O)N1C(=O)OC[C@@H]1C(C)C)[C@H](OC(C)=O)C(=O)C=CC(=O)CCCCO. The second kappa shape index (κ2) is 12.2. The fourth-order valence-corrected chi connectivity index (χ4v) is 2.88. The summed E-state index contributed by atoms with van der Waals surface area (Å²) >= 11 is 0. The minimum atomic E-state index is -1.68. The van der Waals surface area contributed by atoms with Crippen LogP contribution in [0.1, 0.15) is 40.0 Å². The number of allylic oxidation sites excluding steroid dienone is 1. The van der Waals surface area contributed by atoms with E-state index in [4.69, 9.17) is 19.3 Å². The molecule has 1 heterocycles. The van der Waals surface area contributed by atoms with Crippen molar-refractivity contribution < 1.29 is 43.3 Å². The van der Waals surface area contributed by atoms with Gasteiger partial charge in [-0.2, -0.15) is 0 Å². The van der Waals surface area contributed by atoms with Gasteiger partial charge >= 0.3 is 12.1 Å². The maximum atomic E-state index is 13.0. The lowest BCUT2D eigenvalue weighted by molar-refractivity contribution is -0.166. The quantitative estimate of drug-likeness (QED) is 0.272. The molecule has 0 aromatic carbocycles. The van der Waals surface area contributed by atoms with Crippen molar-refractivity contribution in [1.29, 1.82) is 0 Å². The van der Waals surface area contributed by atoms with E-state index in [2.05, 4.69) is 0 Å². The summed E-state index contributed by atoms with van der Waals surface area (Å²) in [6.07, 6.45) is -1.18. The molecule has 0 aromatic rings. The Morgan fingerprint density at radius 3 is 2.40 bits per heavy atom. The Hall–Kier alpha value is -2.59. The lowest BCUT2D eigenvalue weighted by Crippen LogP contribution is -2.53. The van der Waals surface area contributed by atoms with Crippen LogP contribution in [0.5, 0.6) is 0 Å². The Balaban J connectivity index is 3.04. The van der Waals surface area contributed by atoms with Gasteiger partial charge in [-0.15, -0.1) is 0 Å². The third-order valence-electron chi connectivity index (χ3n) is 4.52. The van der Waals surface area contributed by atoms with Crippen LogP contribution in [0.3, 0.4) is 0 Å². The highest BCUT2D eigenvalue weighted by Crippen LogP contribution is 2.23. The largest absolute Gasteiger partial charge is 0.451 e. The van der Waals surface area contributed by atoms with Crippen LogP contribution in [0.2, 0.25) is 0 Å². The van der Waals surface area contributed by atoms with Crippen molar-refractivity contribution in [3.05, 3.63) is 12.2 Å². The zero-order chi connectivity index (χ0) is 22.8. The molecule has 0 aliphatic carbocycles. The first kappa shape index (κ1) is 25.4. The summed E-state index contributed by atoms with van der Waals surface area (Å²) in [5, 5.41) is 8.74. The molecule has 0 bridgehead atoms. The Morgan fingerprint density at radius 1 is 1.20 bits per heavy atom. The standard InChI is InChI=1S/C20H29NO9/c1-12(2)15-11-29-20(27)21(15)19(26)18(28-4)17(30-13(3)23)16(25)9-8-14(24)7-5-6-10-22/h8-9,12,15,17-18,22H,5-7,10-11H2,1-4H3/t15-,17-,18+/m1/s1. The number of ether oxygens (including phenoxy) is 3. The third kappa shape index (κ3) is 7.03. The predicted molar refractivity (Wildman–Crippen MR) is 103 cm³/mol. The number of nitrogens with zero attached hydrogens (tertiary/aromatic N) is 1. The Morgan fingerprint density at radius 2 is 1.87 bits per heavy atom. The predicted octanol–water partition coefficient (Wildman–Crippen LogP) is 0.793. The normalized spacial score (nSPS) is 18.4. The summed E-state index contributed by atoms with van der Waals surface area (Å²) in [7, 11) is 1.14. The van der Waals surface area contributed by atoms with E-state index in [0.717, 1.165) is 31.1 Å². The zero-order valence-electron chi connectivity index (χ0n) is 17.7. The number of imide groups is 1. The lowest BCUT2D eigenvalue weighted by atomic mass is 10.0. The first-order valence-corrected chi connectivity index (χ1v) is 9.69. The topological polar surface area (TPSA) is 137 Å². The fourth-order valence-electron chi connectivity index (χ4n) is 2.88. The number of methoxy groups -OCH3 is 1. The number of hydrogen-bond acceptors (Lipinski definition) is 9. The smallest absolute Gasteiger partial charge is 0.417 e. The number of carbonyl (C=O) groups is 5. The third-order valence-corrected chi connectivity index (χ3v) is 4.52. The maximum absolute atomic E-state index is 13.0. The summed E-state index contributed by atoms with van der Waals surface area (Å²) in [5.41, 5.74) is 0. The number of unbranched alkanes of at least 4 members (excludes halogenated alkanes) is 1. The van der Waals surface area contributed by atoms with E-state index in [0.29, 0.717) is 12.8 Å². The van der Waals surface area contributed by atoms with Gasteiger partial charge in [-0.3, -0.25) is 19.2 Å².